The molecule has 0 bridgehead atoms. The van der Waals surface area contributed by atoms with E-state index in [0.29, 0.717) is 25.8 Å². The summed E-state index contributed by atoms with van der Waals surface area (Å²) in [5, 5.41) is 19.2. The van der Waals surface area contributed by atoms with Crippen LogP contribution < -0.4 is 15.1 Å². The van der Waals surface area contributed by atoms with E-state index in [0.717, 1.165) is 5.56 Å². The number of ether oxygens (including phenoxy) is 1. The maximum absolute atomic E-state index is 12.2. The van der Waals surface area contributed by atoms with E-state index in [-0.39, 0.29) is 35.0 Å². The van der Waals surface area contributed by atoms with Crippen molar-refractivity contribution in [3.05, 3.63) is 23.3 Å². The van der Waals surface area contributed by atoms with E-state index in [1.54, 1.807) is 17.0 Å². The van der Waals surface area contributed by atoms with Gasteiger partial charge in [0.1, 0.15) is 23.2 Å². The van der Waals surface area contributed by atoms with Crippen molar-refractivity contribution >= 4 is 19.0 Å². The summed E-state index contributed by atoms with van der Waals surface area (Å²) in [4.78, 5) is 25.5. The molecule has 26 heavy (non-hydrogen) atoms. The first-order valence-electron chi connectivity index (χ1n) is 8.72. The highest BCUT2D eigenvalue weighted by atomic mass is 16.5. The van der Waals surface area contributed by atoms with Gasteiger partial charge in [0.15, 0.2) is 0 Å². The highest BCUT2D eigenvalue weighted by Gasteiger charge is 2.37. The predicted molar refractivity (Wildman–Crippen MR) is 94.3 cm³/mol. The van der Waals surface area contributed by atoms with Crippen molar-refractivity contribution in [2.24, 2.45) is 11.7 Å². The Bertz CT molecular complexity index is 719. The number of carbonyl (C=O) groups excluding carboxylic acids is 1. The molecule has 2 heterocycles. The SMILES string of the molecule is CC(C)[C@H](N)C(=O)N1CC(Oc2ccc3c(c2C(=O)O)OB(O)CC3)C1. The number of aromatic carboxylic acids is 1. The number of nitrogens with zero attached hydrogens (tertiary/aromatic N) is 1. The van der Waals surface area contributed by atoms with Crippen LogP contribution in [0.15, 0.2) is 12.1 Å². The molecule has 0 saturated carbocycles. The van der Waals surface area contributed by atoms with Crippen LogP contribution in [0.25, 0.3) is 0 Å². The fourth-order valence-electron chi connectivity index (χ4n) is 3.08. The number of fused-ring (bicyclic) bond motifs is 1. The van der Waals surface area contributed by atoms with E-state index in [1.165, 1.54) is 0 Å². The molecule has 0 spiro atoms. The summed E-state index contributed by atoms with van der Waals surface area (Å²) in [5.41, 5.74) is 6.51. The number of benzene rings is 1. The summed E-state index contributed by atoms with van der Waals surface area (Å²) in [6.45, 7) is 4.49. The van der Waals surface area contributed by atoms with Crippen molar-refractivity contribution in [1.82, 2.24) is 4.90 Å². The molecule has 1 saturated heterocycles. The minimum absolute atomic E-state index is 0.0466. The van der Waals surface area contributed by atoms with Crippen molar-refractivity contribution in [3.8, 4) is 11.5 Å². The number of aryl methyl sites for hydroxylation is 1. The van der Waals surface area contributed by atoms with Crippen molar-refractivity contribution in [2.45, 2.75) is 38.7 Å². The molecule has 3 rings (SSSR count). The van der Waals surface area contributed by atoms with Crippen LogP contribution >= 0.6 is 0 Å². The highest BCUT2D eigenvalue weighted by molar-refractivity contribution is 6.44. The number of amides is 1. The number of likely N-dealkylation sites (tertiary alicyclic amines) is 1. The first-order chi connectivity index (χ1) is 12.3. The molecule has 0 aromatic heterocycles. The summed E-state index contributed by atoms with van der Waals surface area (Å²) >= 11 is 0. The number of rotatable bonds is 5. The lowest BCUT2D eigenvalue weighted by Gasteiger charge is -2.41. The van der Waals surface area contributed by atoms with Crippen LogP contribution in [0.4, 0.5) is 0 Å². The normalized spacial score (nSPS) is 18.0. The molecule has 1 atom stereocenters. The number of hydrogen-bond donors (Lipinski definition) is 3. The van der Waals surface area contributed by atoms with Gasteiger partial charge in [-0.05, 0) is 30.3 Å². The van der Waals surface area contributed by atoms with Crippen LogP contribution in [0.3, 0.4) is 0 Å². The van der Waals surface area contributed by atoms with Gasteiger partial charge in [-0.3, -0.25) is 4.79 Å². The van der Waals surface area contributed by atoms with Gasteiger partial charge in [0.05, 0.1) is 19.1 Å². The van der Waals surface area contributed by atoms with Gasteiger partial charge in [0.2, 0.25) is 5.91 Å². The number of carboxylic acids is 1. The molecule has 1 aromatic rings. The lowest BCUT2D eigenvalue weighted by molar-refractivity contribution is -0.142. The van der Waals surface area contributed by atoms with Crippen LogP contribution in [0.1, 0.15) is 29.8 Å². The van der Waals surface area contributed by atoms with Crippen LogP contribution in [0.5, 0.6) is 11.5 Å². The Hall–Kier alpha value is -2.26. The number of carboxylic acid groups (broad SMARTS) is 1. The molecule has 9 heteroatoms. The zero-order valence-corrected chi connectivity index (χ0v) is 14.8. The maximum Gasteiger partial charge on any atom is 0.522 e. The van der Waals surface area contributed by atoms with E-state index in [4.69, 9.17) is 15.1 Å². The predicted octanol–water partition coefficient (Wildman–Crippen LogP) is 0.373. The van der Waals surface area contributed by atoms with Crippen molar-refractivity contribution in [3.63, 3.8) is 0 Å². The second kappa shape index (κ2) is 7.16. The Morgan fingerprint density at radius 3 is 2.69 bits per heavy atom. The summed E-state index contributed by atoms with van der Waals surface area (Å²) in [7, 11) is -1.02. The molecule has 1 amide bonds. The van der Waals surface area contributed by atoms with Gasteiger partial charge < -0.3 is 30.2 Å². The smallest absolute Gasteiger partial charge is 0.522 e. The number of nitrogens with two attached hydrogens (primary N) is 1. The van der Waals surface area contributed by atoms with Gasteiger partial charge in [0, 0.05) is 0 Å². The molecule has 1 fully saturated rings. The fraction of sp³-hybridized carbons (Fsp3) is 0.529. The molecule has 1 aromatic carbocycles. The lowest BCUT2D eigenvalue weighted by Crippen LogP contribution is -2.60. The molecule has 0 aliphatic carbocycles. The van der Waals surface area contributed by atoms with Crippen LogP contribution in [-0.2, 0) is 11.2 Å². The molecule has 2 aliphatic rings. The summed E-state index contributed by atoms with van der Waals surface area (Å²) in [6.07, 6.45) is 0.653. The van der Waals surface area contributed by atoms with Gasteiger partial charge in [0.25, 0.3) is 0 Å². The molecular weight excluding hydrogens is 339 g/mol. The molecule has 4 N–H and O–H groups in total. The second-order valence-corrected chi connectivity index (χ2v) is 7.10. The maximum atomic E-state index is 12.2. The molecule has 2 aliphatic heterocycles. The summed E-state index contributed by atoms with van der Waals surface area (Å²) in [5.74, 6) is -0.931. The third kappa shape index (κ3) is 3.49. The van der Waals surface area contributed by atoms with E-state index >= 15 is 0 Å². The van der Waals surface area contributed by atoms with E-state index in [1.807, 2.05) is 13.8 Å². The zero-order chi connectivity index (χ0) is 19.0. The molecule has 8 nitrogen and oxygen atoms in total. The number of hydrogen-bond acceptors (Lipinski definition) is 6. The Balaban J connectivity index is 1.71. The van der Waals surface area contributed by atoms with E-state index < -0.39 is 19.1 Å². The van der Waals surface area contributed by atoms with Crippen molar-refractivity contribution in [2.75, 3.05) is 13.1 Å². The Labute approximate surface area is 152 Å². The third-order valence-electron chi connectivity index (χ3n) is 4.79. The van der Waals surface area contributed by atoms with E-state index in [9.17, 15) is 19.7 Å². The Morgan fingerprint density at radius 1 is 1.38 bits per heavy atom. The largest absolute Gasteiger partial charge is 0.535 e. The first-order valence-corrected chi connectivity index (χ1v) is 8.72. The van der Waals surface area contributed by atoms with E-state index in [2.05, 4.69) is 0 Å². The molecule has 0 radical (unpaired) electrons. The minimum Gasteiger partial charge on any atom is -0.535 e. The van der Waals surface area contributed by atoms with Gasteiger partial charge in [-0.2, -0.15) is 0 Å². The van der Waals surface area contributed by atoms with Crippen molar-refractivity contribution < 1.29 is 29.1 Å². The lowest BCUT2D eigenvalue weighted by atomic mass is 9.78. The van der Waals surface area contributed by atoms with Crippen molar-refractivity contribution in [1.29, 1.82) is 0 Å². The molecular formula is C17H23BN2O6. The monoisotopic (exact) mass is 362 g/mol. The van der Waals surface area contributed by atoms with Gasteiger partial charge in [-0.25, -0.2) is 4.79 Å². The average molecular weight is 362 g/mol. The second-order valence-electron chi connectivity index (χ2n) is 7.10. The number of carbonyl (C=O) groups is 2. The fourth-order valence-corrected chi connectivity index (χ4v) is 3.08. The zero-order valence-electron chi connectivity index (χ0n) is 14.8. The van der Waals surface area contributed by atoms with Crippen LogP contribution in [0, 0.1) is 5.92 Å². The van der Waals surface area contributed by atoms with Gasteiger partial charge >= 0.3 is 13.1 Å². The topological polar surface area (TPSA) is 122 Å². The standard InChI is InChI=1S/C17H23BN2O6/c1-9(2)14(19)16(21)20-7-11(8-20)25-12-4-3-10-5-6-18(24)26-15(10)13(12)17(22)23/h3-4,9,11,14,24H,5-8,19H2,1-2H3,(H,22,23)/t14-/m0/s1. The average Bonchev–Trinajstić information content (AvgIpc) is 2.55. The molecule has 140 valence electrons. The quantitative estimate of drug-likeness (QED) is 0.647. The Kier molecular flexibility index (Phi) is 5.11. The van der Waals surface area contributed by atoms with Gasteiger partial charge in [-0.15, -0.1) is 0 Å². The van der Waals surface area contributed by atoms with Gasteiger partial charge in [-0.1, -0.05) is 19.9 Å². The first kappa shape index (κ1) is 18.5. The molecule has 0 unspecified atom stereocenters. The van der Waals surface area contributed by atoms with Crippen LogP contribution in [-0.4, -0.2) is 59.3 Å². The minimum atomic E-state index is -1.18. The van der Waals surface area contributed by atoms with Crippen LogP contribution in [0.2, 0.25) is 6.32 Å². The Morgan fingerprint density at radius 2 is 2.08 bits per heavy atom. The third-order valence-corrected chi connectivity index (χ3v) is 4.79. The summed E-state index contributed by atoms with van der Waals surface area (Å²) < 4.78 is 11.1. The summed E-state index contributed by atoms with van der Waals surface area (Å²) in [6, 6.07) is 2.80. The highest BCUT2D eigenvalue weighted by Crippen LogP contribution is 2.37.